The number of aryl methyl sites for hydroxylation is 1. The highest BCUT2D eigenvalue weighted by Gasteiger charge is 2.31. The van der Waals surface area contributed by atoms with Gasteiger partial charge in [0.2, 0.25) is 15.9 Å². The zero-order valence-corrected chi connectivity index (χ0v) is 27.3. The van der Waals surface area contributed by atoms with Gasteiger partial charge >= 0.3 is 6.09 Å². The number of rotatable bonds is 17. The standard InChI is InChI=1S/C33H48N4O6S/c1-23(2)20-37(44(41,42)28-15-13-25(5)14-16-28)27(21-38)10-8-9-17-34-32(39)31(36-33(40)43-22-24(3)4)18-26-19-35-30-12-7-6-11-29(26)30/h6-7,11-16,19,23-24,27,31,35,38H,8-10,17-18,20-22H2,1-5H3,(H,34,39)(H,36,40)/t27-,31-/m0/s1. The third-order valence-electron chi connectivity index (χ3n) is 7.31. The van der Waals surface area contributed by atoms with Crippen molar-refractivity contribution in [3.8, 4) is 0 Å². The number of ether oxygens (including phenoxy) is 1. The number of hydrogen-bond acceptors (Lipinski definition) is 6. The number of amides is 2. The summed E-state index contributed by atoms with van der Waals surface area (Å²) in [6, 6.07) is 13.1. The van der Waals surface area contributed by atoms with Gasteiger partial charge in [-0.25, -0.2) is 13.2 Å². The van der Waals surface area contributed by atoms with Crippen LogP contribution in [0.1, 0.15) is 58.1 Å². The number of para-hydroxylation sites is 1. The molecule has 0 unspecified atom stereocenters. The molecule has 2 aromatic carbocycles. The summed E-state index contributed by atoms with van der Waals surface area (Å²) in [5.74, 6) is -0.107. The molecule has 0 fully saturated rings. The molecular weight excluding hydrogens is 580 g/mol. The van der Waals surface area contributed by atoms with Crippen LogP contribution in [-0.2, 0) is 26.0 Å². The number of alkyl carbamates (subject to hydrolysis) is 1. The summed E-state index contributed by atoms with van der Waals surface area (Å²) in [6.45, 7) is 10.2. The van der Waals surface area contributed by atoms with E-state index in [9.17, 15) is 23.1 Å². The minimum atomic E-state index is -3.81. The molecule has 1 aromatic heterocycles. The van der Waals surface area contributed by atoms with E-state index in [4.69, 9.17) is 4.74 Å². The predicted molar refractivity (Wildman–Crippen MR) is 173 cm³/mol. The predicted octanol–water partition coefficient (Wildman–Crippen LogP) is 4.76. The van der Waals surface area contributed by atoms with E-state index in [2.05, 4.69) is 15.6 Å². The van der Waals surface area contributed by atoms with E-state index in [1.165, 1.54) is 4.31 Å². The van der Waals surface area contributed by atoms with Crippen molar-refractivity contribution in [3.63, 3.8) is 0 Å². The van der Waals surface area contributed by atoms with Crippen molar-refractivity contribution in [1.82, 2.24) is 19.9 Å². The first-order valence-electron chi connectivity index (χ1n) is 15.4. The van der Waals surface area contributed by atoms with Crippen LogP contribution < -0.4 is 10.6 Å². The Labute approximate surface area is 261 Å². The smallest absolute Gasteiger partial charge is 0.407 e. The summed E-state index contributed by atoms with van der Waals surface area (Å²) >= 11 is 0. The number of H-pyrrole nitrogens is 1. The van der Waals surface area contributed by atoms with Gasteiger partial charge in [-0.15, -0.1) is 0 Å². The van der Waals surface area contributed by atoms with E-state index in [1.54, 1.807) is 24.3 Å². The van der Waals surface area contributed by atoms with Crippen molar-refractivity contribution in [2.75, 3.05) is 26.3 Å². The van der Waals surface area contributed by atoms with Crippen LogP contribution in [0.15, 0.2) is 59.6 Å². The summed E-state index contributed by atoms with van der Waals surface area (Å²) < 4.78 is 33.7. The Morgan fingerprint density at radius 1 is 1.00 bits per heavy atom. The van der Waals surface area contributed by atoms with Gasteiger partial charge in [-0.05, 0) is 55.4 Å². The lowest BCUT2D eigenvalue weighted by atomic mass is 10.0. The number of unbranched alkanes of at least 4 members (excludes halogenated alkanes) is 1. The lowest BCUT2D eigenvalue weighted by molar-refractivity contribution is -0.123. The number of aliphatic hydroxyl groups excluding tert-OH is 1. The second kappa shape index (κ2) is 16.6. The normalized spacial score (nSPS) is 13.4. The molecular formula is C33H48N4O6S. The third kappa shape index (κ3) is 10.1. The Morgan fingerprint density at radius 3 is 2.36 bits per heavy atom. The van der Waals surface area contributed by atoms with Crippen LogP contribution in [0.25, 0.3) is 10.9 Å². The zero-order valence-electron chi connectivity index (χ0n) is 26.5. The molecule has 2 amide bonds. The second-order valence-corrected chi connectivity index (χ2v) is 14.0. The van der Waals surface area contributed by atoms with Crippen molar-refractivity contribution >= 4 is 32.9 Å². The van der Waals surface area contributed by atoms with Gasteiger partial charge in [0.15, 0.2) is 0 Å². The lowest BCUT2D eigenvalue weighted by Crippen LogP contribution is -2.48. The Balaban J connectivity index is 1.61. The number of fused-ring (bicyclic) bond motifs is 1. The molecule has 3 aromatic rings. The van der Waals surface area contributed by atoms with E-state index < -0.39 is 28.2 Å². The molecule has 0 spiro atoms. The fraction of sp³-hybridized carbons (Fsp3) is 0.515. The van der Waals surface area contributed by atoms with Gasteiger partial charge in [-0.3, -0.25) is 4.79 Å². The van der Waals surface area contributed by atoms with Crippen LogP contribution in [0.2, 0.25) is 0 Å². The van der Waals surface area contributed by atoms with Gasteiger partial charge in [0.25, 0.3) is 0 Å². The average Bonchev–Trinajstić information content (AvgIpc) is 3.39. The highest BCUT2D eigenvalue weighted by Crippen LogP contribution is 2.23. The number of aromatic nitrogens is 1. The van der Waals surface area contributed by atoms with Crippen LogP contribution in [-0.4, -0.2) is 73.2 Å². The molecule has 10 nitrogen and oxygen atoms in total. The van der Waals surface area contributed by atoms with Gasteiger partial charge in [-0.2, -0.15) is 4.31 Å². The molecule has 11 heteroatoms. The summed E-state index contributed by atoms with van der Waals surface area (Å²) in [5.41, 5.74) is 2.81. The molecule has 44 heavy (non-hydrogen) atoms. The highest BCUT2D eigenvalue weighted by molar-refractivity contribution is 7.89. The van der Waals surface area contributed by atoms with E-state index in [-0.39, 0.29) is 48.8 Å². The van der Waals surface area contributed by atoms with Gasteiger partial charge < -0.3 is 25.5 Å². The van der Waals surface area contributed by atoms with E-state index in [0.717, 1.165) is 22.0 Å². The molecule has 0 radical (unpaired) electrons. The lowest BCUT2D eigenvalue weighted by Gasteiger charge is -2.31. The Hall–Kier alpha value is -3.41. The molecule has 0 saturated heterocycles. The number of hydrogen-bond donors (Lipinski definition) is 4. The average molecular weight is 629 g/mol. The fourth-order valence-electron chi connectivity index (χ4n) is 4.97. The van der Waals surface area contributed by atoms with Gasteiger partial charge in [0, 0.05) is 42.7 Å². The summed E-state index contributed by atoms with van der Waals surface area (Å²) in [7, 11) is -3.81. The fourth-order valence-corrected chi connectivity index (χ4v) is 6.78. The van der Waals surface area contributed by atoms with E-state index >= 15 is 0 Å². The summed E-state index contributed by atoms with van der Waals surface area (Å²) in [6.07, 6.45) is 3.06. The number of sulfonamides is 1. The highest BCUT2D eigenvalue weighted by atomic mass is 32.2. The minimum Gasteiger partial charge on any atom is -0.449 e. The molecule has 4 N–H and O–H groups in total. The monoisotopic (exact) mass is 628 g/mol. The SMILES string of the molecule is Cc1ccc(S(=O)(=O)N(CC(C)C)[C@H](CO)CCCCNC(=O)[C@H](Cc2c[nH]c3ccccc23)NC(=O)OCC(C)C)cc1. The number of nitrogens with zero attached hydrogens (tertiary/aromatic N) is 1. The number of carbonyl (C=O) groups is 2. The largest absolute Gasteiger partial charge is 0.449 e. The van der Waals surface area contributed by atoms with Gasteiger partial charge in [0.05, 0.1) is 18.1 Å². The van der Waals surface area contributed by atoms with E-state index in [1.807, 2.05) is 65.1 Å². The maximum absolute atomic E-state index is 13.5. The Bertz CT molecular complexity index is 1450. The molecule has 0 aliphatic heterocycles. The maximum Gasteiger partial charge on any atom is 0.407 e. The summed E-state index contributed by atoms with van der Waals surface area (Å²) in [5, 5.41) is 16.8. The minimum absolute atomic E-state index is 0.0670. The molecule has 0 bridgehead atoms. The molecule has 3 rings (SSSR count). The topological polar surface area (TPSA) is 141 Å². The quantitative estimate of drug-likeness (QED) is 0.159. The van der Waals surface area contributed by atoms with E-state index in [0.29, 0.717) is 25.8 Å². The second-order valence-electron chi connectivity index (χ2n) is 12.2. The van der Waals surface area contributed by atoms with Crippen molar-refractivity contribution in [3.05, 3.63) is 65.9 Å². The number of benzene rings is 2. The molecule has 242 valence electrons. The van der Waals surface area contributed by atoms with Crippen molar-refractivity contribution in [2.24, 2.45) is 11.8 Å². The van der Waals surface area contributed by atoms with Crippen LogP contribution in [0.3, 0.4) is 0 Å². The summed E-state index contributed by atoms with van der Waals surface area (Å²) in [4.78, 5) is 29.1. The molecule has 0 aliphatic carbocycles. The van der Waals surface area contributed by atoms with Crippen molar-refractivity contribution in [1.29, 1.82) is 0 Å². The van der Waals surface area contributed by atoms with Gasteiger partial charge in [-0.1, -0.05) is 70.0 Å². The third-order valence-corrected chi connectivity index (χ3v) is 9.24. The zero-order chi connectivity index (χ0) is 32.3. The number of carbonyl (C=O) groups excluding carboxylic acids is 2. The van der Waals surface area contributed by atoms with Crippen LogP contribution in [0.5, 0.6) is 0 Å². The van der Waals surface area contributed by atoms with Crippen LogP contribution in [0.4, 0.5) is 4.79 Å². The van der Waals surface area contributed by atoms with Crippen LogP contribution in [0, 0.1) is 18.8 Å². The maximum atomic E-state index is 13.5. The molecule has 0 aliphatic rings. The van der Waals surface area contributed by atoms with Crippen LogP contribution >= 0.6 is 0 Å². The van der Waals surface area contributed by atoms with Crippen molar-refractivity contribution < 1.29 is 27.9 Å². The number of aromatic amines is 1. The number of nitrogens with one attached hydrogen (secondary N) is 3. The first-order chi connectivity index (χ1) is 20.9. The number of aliphatic hydroxyl groups is 1. The molecule has 2 atom stereocenters. The Morgan fingerprint density at radius 2 is 1.70 bits per heavy atom. The first kappa shape index (κ1) is 35.1. The first-order valence-corrected chi connectivity index (χ1v) is 16.8. The van der Waals surface area contributed by atoms with Crippen molar-refractivity contribution in [2.45, 2.75) is 77.3 Å². The van der Waals surface area contributed by atoms with Gasteiger partial charge in [0.1, 0.15) is 6.04 Å². The molecule has 0 saturated carbocycles. The molecule has 1 heterocycles. The Kier molecular flexibility index (Phi) is 13.2.